The number of hydrogen-bond acceptors (Lipinski definition) is 4. The molecule has 0 saturated carbocycles. The molecule has 1 fully saturated rings. The molecule has 3 rings (SSSR count). The fourth-order valence-electron chi connectivity index (χ4n) is 4.99. The molecule has 2 aliphatic rings. The SMILES string of the molecule is CC(C)C[C@H]1COc2ccccc2C(=O)N(C)CCCCCCN1C(=O)CN1CCCCC1. The molecule has 2 heterocycles. The van der Waals surface area contributed by atoms with Crippen LogP contribution in [-0.4, -0.2) is 78.9 Å². The fraction of sp³-hybridized carbons (Fsp3) is 0.704. The van der Waals surface area contributed by atoms with Gasteiger partial charge in [-0.15, -0.1) is 0 Å². The highest BCUT2D eigenvalue weighted by molar-refractivity contribution is 5.96. The second-order valence-electron chi connectivity index (χ2n) is 10.2. The van der Waals surface area contributed by atoms with Gasteiger partial charge < -0.3 is 14.5 Å². The minimum absolute atomic E-state index is 0.00102. The predicted molar refractivity (Wildman–Crippen MR) is 133 cm³/mol. The third kappa shape index (κ3) is 7.73. The van der Waals surface area contributed by atoms with Gasteiger partial charge in [-0.3, -0.25) is 14.5 Å². The van der Waals surface area contributed by atoms with Crippen LogP contribution in [0.25, 0.3) is 0 Å². The number of amides is 2. The number of rotatable bonds is 4. The van der Waals surface area contributed by atoms with Crippen LogP contribution in [-0.2, 0) is 4.79 Å². The molecule has 184 valence electrons. The molecular formula is C27H43N3O3. The van der Waals surface area contributed by atoms with Gasteiger partial charge in [0.1, 0.15) is 12.4 Å². The normalized spacial score (nSPS) is 21.9. The summed E-state index contributed by atoms with van der Waals surface area (Å²) in [5.41, 5.74) is 0.603. The lowest BCUT2D eigenvalue weighted by Gasteiger charge is -2.36. The Bertz CT molecular complexity index is 761. The van der Waals surface area contributed by atoms with Gasteiger partial charge in [0.2, 0.25) is 5.91 Å². The topological polar surface area (TPSA) is 53.1 Å². The Morgan fingerprint density at radius 3 is 2.33 bits per heavy atom. The minimum atomic E-state index is 0.00102. The summed E-state index contributed by atoms with van der Waals surface area (Å²) in [5.74, 6) is 1.29. The van der Waals surface area contributed by atoms with Crippen LogP contribution in [0, 0.1) is 5.92 Å². The molecule has 0 N–H and O–H groups in total. The quantitative estimate of drug-likeness (QED) is 0.671. The molecule has 0 radical (unpaired) electrons. The Balaban J connectivity index is 1.81. The van der Waals surface area contributed by atoms with Crippen LogP contribution < -0.4 is 4.74 Å². The molecule has 0 unspecified atom stereocenters. The van der Waals surface area contributed by atoms with E-state index in [1.54, 1.807) is 4.90 Å². The maximum absolute atomic E-state index is 13.5. The third-order valence-electron chi connectivity index (χ3n) is 6.85. The second-order valence-corrected chi connectivity index (χ2v) is 10.2. The van der Waals surface area contributed by atoms with E-state index in [0.29, 0.717) is 30.4 Å². The van der Waals surface area contributed by atoms with E-state index in [0.717, 1.165) is 58.3 Å². The van der Waals surface area contributed by atoms with E-state index in [2.05, 4.69) is 23.6 Å². The van der Waals surface area contributed by atoms with Crippen molar-refractivity contribution in [1.82, 2.24) is 14.7 Å². The van der Waals surface area contributed by atoms with Gasteiger partial charge in [0, 0.05) is 20.1 Å². The number of ether oxygens (including phenoxy) is 1. The molecule has 1 aromatic carbocycles. The number of hydrogen-bond donors (Lipinski definition) is 0. The number of benzene rings is 1. The van der Waals surface area contributed by atoms with Gasteiger partial charge in [-0.25, -0.2) is 0 Å². The summed E-state index contributed by atoms with van der Waals surface area (Å²) in [6, 6.07) is 7.52. The lowest BCUT2D eigenvalue weighted by atomic mass is 10.0. The third-order valence-corrected chi connectivity index (χ3v) is 6.85. The van der Waals surface area contributed by atoms with E-state index in [-0.39, 0.29) is 17.9 Å². The second kappa shape index (κ2) is 13.0. The number of piperidine rings is 1. The number of fused-ring (bicyclic) bond motifs is 1. The molecule has 2 amide bonds. The zero-order valence-corrected chi connectivity index (χ0v) is 20.9. The summed E-state index contributed by atoms with van der Waals surface area (Å²) in [6.45, 7) is 8.88. The summed E-state index contributed by atoms with van der Waals surface area (Å²) in [4.78, 5) is 32.7. The average molecular weight is 458 g/mol. The standard InChI is InChI=1S/C27H43N3O3/c1-22(2)19-23-21-33-25-14-8-7-13-24(25)27(32)28(3)15-9-4-5-12-18-30(23)26(31)20-29-16-10-6-11-17-29/h7-8,13-14,22-23H,4-6,9-12,15-21H2,1-3H3/t23-/m0/s1. The molecule has 0 bridgehead atoms. The number of nitrogens with zero attached hydrogens (tertiary/aromatic N) is 3. The number of carbonyl (C=O) groups excluding carboxylic acids is 2. The van der Waals surface area contributed by atoms with Crippen molar-refractivity contribution in [2.75, 3.05) is 46.4 Å². The Labute approximate surface area is 200 Å². The largest absolute Gasteiger partial charge is 0.491 e. The van der Waals surface area contributed by atoms with Crippen LogP contribution in [0.1, 0.15) is 75.6 Å². The molecule has 0 spiro atoms. The van der Waals surface area contributed by atoms with Crippen molar-refractivity contribution in [3.63, 3.8) is 0 Å². The van der Waals surface area contributed by atoms with E-state index in [4.69, 9.17) is 4.74 Å². The van der Waals surface area contributed by atoms with Gasteiger partial charge in [0.05, 0.1) is 18.2 Å². The minimum Gasteiger partial charge on any atom is -0.491 e. The first-order valence-corrected chi connectivity index (χ1v) is 12.9. The number of carbonyl (C=O) groups is 2. The predicted octanol–water partition coefficient (Wildman–Crippen LogP) is 4.44. The Kier molecular flexibility index (Phi) is 10.0. The average Bonchev–Trinajstić information content (AvgIpc) is 2.81. The lowest BCUT2D eigenvalue weighted by molar-refractivity contribution is -0.136. The fourth-order valence-corrected chi connectivity index (χ4v) is 4.99. The van der Waals surface area contributed by atoms with Crippen LogP contribution >= 0.6 is 0 Å². The molecule has 1 atom stereocenters. The highest BCUT2D eigenvalue weighted by Crippen LogP contribution is 2.23. The summed E-state index contributed by atoms with van der Waals surface area (Å²) >= 11 is 0. The lowest BCUT2D eigenvalue weighted by Crippen LogP contribution is -2.49. The van der Waals surface area contributed by atoms with Gasteiger partial charge in [-0.05, 0) is 63.2 Å². The summed E-state index contributed by atoms with van der Waals surface area (Å²) in [6.07, 6.45) is 8.64. The monoisotopic (exact) mass is 457 g/mol. The van der Waals surface area contributed by atoms with Crippen molar-refractivity contribution >= 4 is 11.8 Å². The molecule has 33 heavy (non-hydrogen) atoms. The molecule has 6 nitrogen and oxygen atoms in total. The number of likely N-dealkylation sites (tertiary alicyclic amines) is 1. The van der Waals surface area contributed by atoms with Crippen LogP contribution in [0.5, 0.6) is 5.75 Å². The van der Waals surface area contributed by atoms with Crippen molar-refractivity contribution in [2.24, 2.45) is 5.92 Å². The molecule has 0 aliphatic carbocycles. The van der Waals surface area contributed by atoms with E-state index < -0.39 is 0 Å². The Morgan fingerprint density at radius 1 is 0.970 bits per heavy atom. The van der Waals surface area contributed by atoms with E-state index in [1.165, 1.54) is 19.3 Å². The molecule has 1 saturated heterocycles. The van der Waals surface area contributed by atoms with Crippen molar-refractivity contribution in [3.8, 4) is 5.75 Å². The zero-order chi connectivity index (χ0) is 23.6. The van der Waals surface area contributed by atoms with Gasteiger partial charge in [-0.2, -0.15) is 0 Å². The zero-order valence-electron chi connectivity index (χ0n) is 20.9. The maximum atomic E-state index is 13.5. The van der Waals surface area contributed by atoms with E-state index >= 15 is 0 Å². The molecule has 1 aromatic rings. The number of para-hydroxylation sites is 1. The summed E-state index contributed by atoms with van der Waals surface area (Å²) in [7, 11) is 1.87. The van der Waals surface area contributed by atoms with Crippen molar-refractivity contribution in [2.45, 2.75) is 71.3 Å². The van der Waals surface area contributed by atoms with E-state index in [1.807, 2.05) is 31.3 Å². The summed E-state index contributed by atoms with van der Waals surface area (Å²) < 4.78 is 6.28. The molecule has 6 heteroatoms. The van der Waals surface area contributed by atoms with Crippen molar-refractivity contribution in [3.05, 3.63) is 29.8 Å². The highest BCUT2D eigenvalue weighted by Gasteiger charge is 2.28. The van der Waals surface area contributed by atoms with Crippen LogP contribution in [0.4, 0.5) is 0 Å². The van der Waals surface area contributed by atoms with Crippen molar-refractivity contribution in [1.29, 1.82) is 0 Å². The van der Waals surface area contributed by atoms with Crippen LogP contribution in [0.2, 0.25) is 0 Å². The first-order valence-electron chi connectivity index (χ1n) is 12.9. The molecular weight excluding hydrogens is 414 g/mol. The highest BCUT2D eigenvalue weighted by atomic mass is 16.5. The van der Waals surface area contributed by atoms with Crippen LogP contribution in [0.3, 0.4) is 0 Å². The maximum Gasteiger partial charge on any atom is 0.257 e. The van der Waals surface area contributed by atoms with Gasteiger partial charge in [0.25, 0.3) is 5.91 Å². The van der Waals surface area contributed by atoms with Gasteiger partial charge in [-0.1, -0.05) is 45.2 Å². The van der Waals surface area contributed by atoms with E-state index in [9.17, 15) is 9.59 Å². The molecule has 0 aromatic heterocycles. The van der Waals surface area contributed by atoms with Gasteiger partial charge >= 0.3 is 0 Å². The molecule has 2 aliphatic heterocycles. The first kappa shape index (κ1) is 25.5. The first-order chi connectivity index (χ1) is 16.0. The Morgan fingerprint density at radius 2 is 1.61 bits per heavy atom. The van der Waals surface area contributed by atoms with Crippen LogP contribution in [0.15, 0.2) is 24.3 Å². The van der Waals surface area contributed by atoms with Crippen molar-refractivity contribution < 1.29 is 14.3 Å². The Hall–Kier alpha value is -2.08. The smallest absolute Gasteiger partial charge is 0.257 e. The van der Waals surface area contributed by atoms with Gasteiger partial charge in [0.15, 0.2) is 0 Å². The summed E-state index contributed by atoms with van der Waals surface area (Å²) in [5, 5.41) is 0.